The summed E-state index contributed by atoms with van der Waals surface area (Å²) in [5.41, 5.74) is 4.20. The van der Waals surface area contributed by atoms with E-state index >= 15 is 0 Å². The van der Waals surface area contributed by atoms with Gasteiger partial charge in [-0.05, 0) is 48.2 Å². The summed E-state index contributed by atoms with van der Waals surface area (Å²) in [6.07, 6.45) is 0.320. The van der Waals surface area contributed by atoms with E-state index in [0.717, 1.165) is 22.3 Å². The Hall–Kier alpha value is -2.82. The van der Waals surface area contributed by atoms with Crippen molar-refractivity contribution in [3.8, 4) is 5.75 Å². The first-order valence-electron chi connectivity index (χ1n) is 8.25. The number of benzene rings is 2. The van der Waals surface area contributed by atoms with Gasteiger partial charge in [0.25, 0.3) is 5.91 Å². The van der Waals surface area contributed by atoms with Gasteiger partial charge >= 0.3 is 5.97 Å². The number of fused-ring (bicyclic) bond motifs is 1. The number of hydrogen-bond donors (Lipinski definition) is 1. The van der Waals surface area contributed by atoms with Crippen molar-refractivity contribution >= 4 is 11.9 Å². The van der Waals surface area contributed by atoms with Crippen LogP contribution in [-0.4, -0.2) is 34.5 Å². The highest BCUT2D eigenvalue weighted by atomic mass is 16.5. The molecule has 3 rings (SSSR count). The Labute approximate surface area is 146 Å². The van der Waals surface area contributed by atoms with Crippen LogP contribution < -0.4 is 4.74 Å². The minimum Gasteiger partial charge on any atom is -0.484 e. The van der Waals surface area contributed by atoms with Crippen LogP contribution >= 0.6 is 0 Å². The van der Waals surface area contributed by atoms with Crippen LogP contribution in [0.3, 0.4) is 0 Å². The molecule has 0 saturated carbocycles. The normalized spacial score (nSPS) is 16.2. The van der Waals surface area contributed by atoms with Gasteiger partial charge in [0.1, 0.15) is 11.8 Å². The number of nitrogens with zero attached hydrogens (tertiary/aromatic N) is 1. The quantitative estimate of drug-likeness (QED) is 0.930. The Bertz CT molecular complexity index is 815. The SMILES string of the molecule is Cc1ccc(OCC(=O)N2Cc3ccccc3CC2C(=O)O)cc1C. The van der Waals surface area contributed by atoms with Crippen molar-refractivity contribution in [2.75, 3.05) is 6.61 Å². The van der Waals surface area contributed by atoms with Crippen molar-refractivity contribution < 1.29 is 19.4 Å². The first kappa shape index (κ1) is 17.0. The van der Waals surface area contributed by atoms with E-state index < -0.39 is 12.0 Å². The van der Waals surface area contributed by atoms with Crippen LogP contribution in [0.4, 0.5) is 0 Å². The van der Waals surface area contributed by atoms with E-state index in [2.05, 4.69) is 0 Å². The zero-order chi connectivity index (χ0) is 18.0. The molecule has 5 heteroatoms. The maximum Gasteiger partial charge on any atom is 0.326 e. The van der Waals surface area contributed by atoms with Crippen LogP contribution in [0, 0.1) is 13.8 Å². The lowest BCUT2D eigenvalue weighted by Gasteiger charge is -2.34. The number of carbonyl (C=O) groups is 2. The van der Waals surface area contributed by atoms with Gasteiger partial charge in [-0.3, -0.25) is 4.79 Å². The predicted molar refractivity (Wildman–Crippen MR) is 93.5 cm³/mol. The van der Waals surface area contributed by atoms with Crippen LogP contribution in [0.25, 0.3) is 0 Å². The number of aryl methyl sites for hydroxylation is 2. The Morgan fingerprint density at radius 2 is 1.84 bits per heavy atom. The molecule has 1 heterocycles. The van der Waals surface area contributed by atoms with Crippen LogP contribution in [-0.2, 0) is 22.6 Å². The summed E-state index contributed by atoms with van der Waals surface area (Å²) < 4.78 is 5.59. The average molecular weight is 339 g/mol. The van der Waals surface area contributed by atoms with Gasteiger partial charge in [0.2, 0.25) is 0 Å². The van der Waals surface area contributed by atoms with E-state index in [4.69, 9.17) is 4.74 Å². The summed E-state index contributed by atoms with van der Waals surface area (Å²) in [5.74, 6) is -0.699. The van der Waals surface area contributed by atoms with E-state index in [1.165, 1.54) is 4.90 Å². The Balaban J connectivity index is 1.73. The summed E-state index contributed by atoms with van der Waals surface area (Å²) in [4.78, 5) is 25.6. The topological polar surface area (TPSA) is 66.8 Å². The molecule has 0 aromatic heterocycles. The van der Waals surface area contributed by atoms with Gasteiger partial charge in [0, 0.05) is 13.0 Å². The number of ether oxygens (including phenoxy) is 1. The van der Waals surface area contributed by atoms with Crippen LogP contribution in [0.1, 0.15) is 22.3 Å². The third kappa shape index (κ3) is 3.65. The second kappa shape index (κ2) is 6.97. The van der Waals surface area contributed by atoms with Gasteiger partial charge in [0.05, 0.1) is 0 Å². The highest BCUT2D eigenvalue weighted by Gasteiger charge is 2.34. The van der Waals surface area contributed by atoms with Crippen LogP contribution in [0.2, 0.25) is 0 Å². The van der Waals surface area contributed by atoms with Gasteiger partial charge in [0.15, 0.2) is 6.61 Å². The van der Waals surface area contributed by atoms with Gasteiger partial charge in [-0.1, -0.05) is 30.3 Å². The van der Waals surface area contributed by atoms with Crippen molar-refractivity contribution in [1.29, 1.82) is 0 Å². The molecule has 1 aliphatic rings. The molecular weight excluding hydrogens is 318 g/mol. The Kier molecular flexibility index (Phi) is 4.74. The second-order valence-electron chi connectivity index (χ2n) is 6.38. The first-order chi connectivity index (χ1) is 12.0. The molecule has 5 nitrogen and oxygen atoms in total. The minimum atomic E-state index is -0.992. The fraction of sp³-hybridized carbons (Fsp3) is 0.300. The Morgan fingerprint density at radius 1 is 1.12 bits per heavy atom. The molecular formula is C20H21NO4. The van der Waals surface area contributed by atoms with Crippen molar-refractivity contribution in [3.05, 3.63) is 64.7 Å². The number of rotatable bonds is 4. The molecule has 0 spiro atoms. The molecule has 0 aliphatic carbocycles. The molecule has 0 fully saturated rings. The maximum absolute atomic E-state index is 12.6. The molecule has 2 aromatic carbocycles. The van der Waals surface area contributed by atoms with Crippen molar-refractivity contribution in [2.45, 2.75) is 32.9 Å². The lowest BCUT2D eigenvalue weighted by atomic mass is 9.94. The monoisotopic (exact) mass is 339 g/mol. The number of carboxylic acid groups (broad SMARTS) is 1. The largest absolute Gasteiger partial charge is 0.484 e. The van der Waals surface area contributed by atoms with E-state index in [1.807, 2.05) is 56.3 Å². The summed E-state index contributed by atoms with van der Waals surface area (Å²) in [5, 5.41) is 9.50. The molecule has 1 N–H and O–H groups in total. The minimum absolute atomic E-state index is 0.172. The van der Waals surface area contributed by atoms with Crippen LogP contribution in [0.5, 0.6) is 5.75 Å². The number of aliphatic carboxylic acids is 1. The Morgan fingerprint density at radius 3 is 2.52 bits per heavy atom. The predicted octanol–water partition coefficient (Wildman–Crippen LogP) is 2.72. The third-order valence-electron chi connectivity index (χ3n) is 4.69. The molecule has 2 aromatic rings. The molecule has 1 unspecified atom stereocenters. The smallest absolute Gasteiger partial charge is 0.326 e. The number of carboxylic acids is 1. The number of carbonyl (C=O) groups excluding carboxylic acids is 1. The summed E-state index contributed by atoms with van der Waals surface area (Å²) in [6, 6.07) is 12.4. The lowest BCUT2D eigenvalue weighted by Crippen LogP contribution is -2.50. The molecule has 1 amide bonds. The van der Waals surface area contributed by atoms with Crippen molar-refractivity contribution in [3.63, 3.8) is 0 Å². The zero-order valence-corrected chi connectivity index (χ0v) is 14.4. The molecule has 0 bridgehead atoms. The van der Waals surface area contributed by atoms with E-state index in [-0.39, 0.29) is 12.5 Å². The van der Waals surface area contributed by atoms with Gasteiger partial charge in [-0.2, -0.15) is 0 Å². The van der Waals surface area contributed by atoms with Gasteiger partial charge < -0.3 is 14.7 Å². The maximum atomic E-state index is 12.6. The summed E-state index contributed by atoms with van der Waals surface area (Å²) in [7, 11) is 0. The standard InChI is InChI=1S/C20H21NO4/c1-13-7-8-17(9-14(13)2)25-12-19(22)21-11-16-6-4-3-5-15(16)10-18(21)20(23)24/h3-9,18H,10-12H2,1-2H3,(H,23,24). The third-order valence-corrected chi connectivity index (χ3v) is 4.69. The molecule has 130 valence electrons. The van der Waals surface area contributed by atoms with E-state index in [1.54, 1.807) is 0 Å². The fourth-order valence-electron chi connectivity index (χ4n) is 3.04. The molecule has 0 saturated heterocycles. The van der Waals surface area contributed by atoms with Crippen molar-refractivity contribution in [2.24, 2.45) is 0 Å². The first-order valence-corrected chi connectivity index (χ1v) is 8.25. The highest BCUT2D eigenvalue weighted by Crippen LogP contribution is 2.24. The van der Waals surface area contributed by atoms with E-state index in [0.29, 0.717) is 18.7 Å². The number of amides is 1. The molecule has 25 heavy (non-hydrogen) atoms. The highest BCUT2D eigenvalue weighted by molar-refractivity contribution is 5.85. The van der Waals surface area contributed by atoms with Crippen molar-refractivity contribution in [1.82, 2.24) is 4.90 Å². The second-order valence-corrected chi connectivity index (χ2v) is 6.38. The zero-order valence-electron chi connectivity index (χ0n) is 14.4. The van der Waals surface area contributed by atoms with Gasteiger partial charge in [-0.15, -0.1) is 0 Å². The molecule has 1 atom stereocenters. The van der Waals surface area contributed by atoms with E-state index in [9.17, 15) is 14.7 Å². The summed E-state index contributed by atoms with van der Waals surface area (Å²) in [6.45, 7) is 4.11. The fourth-order valence-corrected chi connectivity index (χ4v) is 3.04. The van der Waals surface area contributed by atoms with Crippen LogP contribution in [0.15, 0.2) is 42.5 Å². The average Bonchev–Trinajstić information content (AvgIpc) is 2.61. The van der Waals surface area contributed by atoms with Gasteiger partial charge in [-0.25, -0.2) is 4.79 Å². The molecule has 1 aliphatic heterocycles. The molecule has 0 radical (unpaired) electrons. The lowest BCUT2D eigenvalue weighted by molar-refractivity contribution is -0.152. The summed E-state index contributed by atoms with van der Waals surface area (Å²) >= 11 is 0. The number of hydrogen-bond acceptors (Lipinski definition) is 3.